The van der Waals surface area contributed by atoms with E-state index in [-0.39, 0.29) is 78.0 Å². The Morgan fingerprint density at radius 3 is 0.883 bits per heavy atom. The summed E-state index contributed by atoms with van der Waals surface area (Å²) in [6.07, 6.45) is 0.235. The molecule has 0 aliphatic carbocycles. The van der Waals surface area contributed by atoms with E-state index in [2.05, 4.69) is 0 Å². The number of nitrogens with zero attached hydrogens (tertiary/aromatic N) is 4. The Bertz CT molecular complexity index is 2270. The van der Waals surface area contributed by atoms with E-state index >= 15 is 0 Å². The number of benzene rings is 5. The molecular formula is C44H44N4O12. The molecule has 4 amide bonds. The van der Waals surface area contributed by atoms with Gasteiger partial charge in [0.25, 0.3) is 23.6 Å². The molecule has 0 unspecified atom stereocenters. The second-order valence-corrected chi connectivity index (χ2v) is 14.7. The minimum atomic E-state index is -0.474. The molecule has 0 bridgehead atoms. The molecule has 0 saturated carbocycles. The standard InChI is InChI=1S/C44H44N4O12/c1-57-33(49)13-17-45(18-14-34(50)58-2)21-23-47-41(53)29-9-5-25-27-7-11-31-40-32(12-8-28(38(27)40)26-6-10-30(42(47)54)39(29)37(25)26)44(56)48(43(31)55)24-22-46(19-15-35(51)59-3)20-16-36(52)60-4/h5-12H,13-24H2,1-4H3. The molecule has 16 heteroatoms. The first-order valence-corrected chi connectivity index (χ1v) is 19.6. The van der Waals surface area contributed by atoms with Crippen molar-refractivity contribution in [3.63, 3.8) is 0 Å². The Balaban J connectivity index is 1.20. The number of esters is 4. The van der Waals surface area contributed by atoms with Gasteiger partial charge < -0.3 is 28.7 Å². The normalized spacial score (nSPS) is 13.8. The Hall–Kier alpha value is -6.52. The molecule has 0 spiro atoms. The summed E-state index contributed by atoms with van der Waals surface area (Å²) < 4.78 is 19.1. The fraction of sp³-hybridized carbons (Fsp3) is 0.364. The molecule has 7 rings (SSSR count). The van der Waals surface area contributed by atoms with Gasteiger partial charge in [0.05, 0.1) is 54.1 Å². The molecule has 16 nitrogen and oxygen atoms in total. The molecule has 60 heavy (non-hydrogen) atoms. The number of amides is 4. The SMILES string of the molecule is COC(=O)CCN(CCC(=O)OC)CCN1C(=O)c2ccc3c4ccc5c6c(ccc(c7ccc(c2c37)C1=O)c64)C(=O)N(CCN(CCC(=O)OC)CCC(=O)OC)C5=O. The quantitative estimate of drug-likeness (QED) is 0.0409. The van der Waals surface area contributed by atoms with E-state index in [9.17, 15) is 38.4 Å². The summed E-state index contributed by atoms with van der Waals surface area (Å²) in [5, 5.41) is 5.48. The molecule has 5 aromatic rings. The lowest BCUT2D eigenvalue weighted by atomic mass is 9.82. The number of ether oxygens (including phenoxy) is 4. The first-order chi connectivity index (χ1) is 28.9. The van der Waals surface area contributed by atoms with Gasteiger partial charge in [0.1, 0.15) is 0 Å². The summed E-state index contributed by atoms with van der Waals surface area (Å²) in [5.74, 6) is -3.61. The lowest BCUT2D eigenvalue weighted by molar-refractivity contribution is -0.142. The third-order valence-electron chi connectivity index (χ3n) is 11.5. The van der Waals surface area contributed by atoms with E-state index in [4.69, 9.17) is 18.9 Å². The van der Waals surface area contributed by atoms with Crippen molar-refractivity contribution < 1.29 is 57.3 Å². The van der Waals surface area contributed by atoms with Gasteiger partial charge in [0.15, 0.2) is 0 Å². The number of hydrogen-bond acceptors (Lipinski definition) is 14. The summed E-state index contributed by atoms with van der Waals surface area (Å²) >= 11 is 0. The molecule has 2 aliphatic heterocycles. The Morgan fingerprint density at radius 1 is 0.400 bits per heavy atom. The van der Waals surface area contributed by atoms with Crippen LogP contribution in [0.3, 0.4) is 0 Å². The van der Waals surface area contributed by atoms with Gasteiger partial charge in [-0.3, -0.25) is 48.2 Å². The largest absolute Gasteiger partial charge is 0.469 e. The fourth-order valence-corrected chi connectivity index (χ4v) is 8.33. The topological polar surface area (TPSA) is 186 Å². The van der Waals surface area contributed by atoms with Gasteiger partial charge >= 0.3 is 23.9 Å². The van der Waals surface area contributed by atoms with Crippen molar-refractivity contribution in [1.82, 2.24) is 19.6 Å². The van der Waals surface area contributed by atoms with Gasteiger partial charge in [-0.15, -0.1) is 0 Å². The number of rotatable bonds is 18. The number of carbonyl (C=O) groups is 8. The van der Waals surface area contributed by atoms with Gasteiger partial charge in [-0.25, -0.2) is 0 Å². The lowest BCUT2D eigenvalue weighted by Gasteiger charge is -2.31. The van der Waals surface area contributed by atoms with E-state index in [1.54, 1.807) is 24.3 Å². The number of imide groups is 2. The zero-order chi connectivity index (χ0) is 42.8. The van der Waals surface area contributed by atoms with Crippen LogP contribution in [0.4, 0.5) is 0 Å². The highest BCUT2D eigenvalue weighted by Gasteiger charge is 2.37. The molecule has 0 N–H and O–H groups in total. The maximum absolute atomic E-state index is 14.1. The molecule has 0 radical (unpaired) electrons. The summed E-state index contributed by atoms with van der Waals surface area (Å²) in [4.78, 5) is 110. The fourth-order valence-electron chi connectivity index (χ4n) is 8.33. The van der Waals surface area contributed by atoms with Crippen molar-refractivity contribution in [2.75, 3.05) is 80.8 Å². The van der Waals surface area contributed by atoms with Crippen molar-refractivity contribution >= 4 is 90.6 Å². The highest BCUT2D eigenvalue weighted by atomic mass is 16.5. The molecule has 0 atom stereocenters. The monoisotopic (exact) mass is 820 g/mol. The maximum atomic E-state index is 14.1. The minimum Gasteiger partial charge on any atom is -0.469 e. The van der Waals surface area contributed by atoms with Crippen molar-refractivity contribution in [2.24, 2.45) is 0 Å². The van der Waals surface area contributed by atoms with Crippen LogP contribution >= 0.6 is 0 Å². The molecule has 2 aliphatic rings. The van der Waals surface area contributed by atoms with Crippen molar-refractivity contribution in [3.8, 4) is 0 Å². The zero-order valence-electron chi connectivity index (χ0n) is 33.8. The second kappa shape index (κ2) is 17.4. The predicted octanol–water partition coefficient (Wildman–Crippen LogP) is 3.79. The Morgan fingerprint density at radius 2 is 0.650 bits per heavy atom. The molecule has 0 aromatic heterocycles. The van der Waals surface area contributed by atoms with Gasteiger partial charge in [0.2, 0.25) is 0 Å². The van der Waals surface area contributed by atoms with Crippen LogP contribution in [0.25, 0.3) is 43.1 Å². The molecular weight excluding hydrogens is 777 g/mol. The maximum Gasteiger partial charge on any atom is 0.306 e. The predicted molar refractivity (Wildman–Crippen MR) is 218 cm³/mol. The average Bonchev–Trinajstić information content (AvgIpc) is 3.27. The van der Waals surface area contributed by atoms with Crippen molar-refractivity contribution in [1.29, 1.82) is 0 Å². The van der Waals surface area contributed by atoms with Crippen LogP contribution in [0.1, 0.15) is 67.1 Å². The minimum absolute atomic E-state index is 0.0102. The van der Waals surface area contributed by atoms with Crippen LogP contribution < -0.4 is 0 Å². The molecule has 312 valence electrons. The third kappa shape index (κ3) is 7.59. The van der Waals surface area contributed by atoms with Crippen LogP contribution in [-0.2, 0) is 38.1 Å². The van der Waals surface area contributed by atoms with Crippen molar-refractivity contribution in [3.05, 3.63) is 70.8 Å². The van der Waals surface area contributed by atoms with Crippen LogP contribution in [0, 0.1) is 0 Å². The molecule has 0 saturated heterocycles. The van der Waals surface area contributed by atoms with E-state index in [0.29, 0.717) is 43.8 Å². The molecule has 5 aromatic carbocycles. The number of carbonyl (C=O) groups excluding carboxylic acids is 8. The summed E-state index contributed by atoms with van der Waals surface area (Å²) in [6, 6.07) is 14.1. The average molecular weight is 821 g/mol. The molecule has 0 fully saturated rings. The van der Waals surface area contributed by atoms with E-state index in [0.717, 1.165) is 21.5 Å². The smallest absolute Gasteiger partial charge is 0.306 e. The number of methoxy groups -OCH3 is 4. The Labute approximate surface area is 344 Å². The number of fused-ring (bicyclic) bond motifs is 2. The summed E-state index contributed by atoms with van der Waals surface area (Å²) in [5.41, 5.74) is 1.40. The lowest BCUT2D eigenvalue weighted by Crippen LogP contribution is -2.45. The highest BCUT2D eigenvalue weighted by Crippen LogP contribution is 2.46. The first-order valence-electron chi connectivity index (χ1n) is 19.6. The van der Waals surface area contributed by atoms with Gasteiger partial charge in [0, 0.05) is 85.4 Å². The molecule has 2 heterocycles. The van der Waals surface area contributed by atoms with Crippen LogP contribution in [-0.4, -0.2) is 148 Å². The highest BCUT2D eigenvalue weighted by molar-refractivity contribution is 6.41. The van der Waals surface area contributed by atoms with Crippen molar-refractivity contribution in [2.45, 2.75) is 25.7 Å². The number of hydrogen-bond donors (Lipinski definition) is 0. The first kappa shape index (κ1) is 41.6. The Kier molecular flexibility index (Phi) is 12.1. The van der Waals surface area contributed by atoms with Gasteiger partial charge in [-0.1, -0.05) is 24.3 Å². The van der Waals surface area contributed by atoms with Crippen LogP contribution in [0.15, 0.2) is 48.5 Å². The van der Waals surface area contributed by atoms with E-state index in [1.807, 2.05) is 34.1 Å². The second-order valence-electron chi connectivity index (χ2n) is 14.7. The van der Waals surface area contributed by atoms with Crippen LogP contribution in [0.2, 0.25) is 0 Å². The van der Waals surface area contributed by atoms with Crippen LogP contribution in [0.5, 0.6) is 0 Å². The van der Waals surface area contributed by atoms with E-state index in [1.165, 1.54) is 38.2 Å². The summed E-state index contributed by atoms with van der Waals surface area (Å²) in [6.45, 7) is 1.43. The van der Waals surface area contributed by atoms with E-state index < -0.39 is 47.5 Å². The zero-order valence-corrected chi connectivity index (χ0v) is 33.8. The van der Waals surface area contributed by atoms with Gasteiger partial charge in [-0.2, -0.15) is 0 Å². The summed E-state index contributed by atoms with van der Waals surface area (Å²) in [7, 11) is 5.14. The third-order valence-corrected chi connectivity index (χ3v) is 11.5. The van der Waals surface area contributed by atoms with Gasteiger partial charge in [-0.05, 0) is 56.6 Å².